The molecule has 0 N–H and O–H groups in total. The Balaban J connectivity index is 2.35. The van der Waals surface area contributed by atoms with Crippen LogP contribution in [0.15, 0.2) is 70.9 Å². The third kappa shape index (κ3) is 6.32. The largest absolute Gasteiger partial charge is 0.550 e. The smallest absolute Gasteiger partial charge is 0.0706 e. The maximum absolute atomic E-state index is 10.8. The van der Waals surface area contributed by atoms with E-state index >= 15 is 0 Å². The van der Waals surface area contributed by atoms with Gasteiger partial charge in [-0.05, 0) is 36.8 Å². The van der Waals surface area contributed by atoms with E-state index in [1.165, 1.54) is 0 Å². The van der Waals surface area contributed by atoms with E-state index in [9.17, 15) is 19.8 Å². The Kier molecular flexibility index (Phi) is 7.24. The number of hydrogen-bond acceptors (Lipinski definition) is 6. The van der Waals surface area contributed by atoms with Crippen LogP contribution in [0.25, 0.3) is 0 Å². The van der Waals surface area contributed by atoms with Crippen molar-refractivity contribution >= 4 is 23.4 Å². The Morgan fingerprint density at radius 2 is 0.962 bits per heavy atom. The fourth-order valence-corrected chi connectivity index (χ4v) is 2.33. The Morgan fingerprint density at radius 3 is 1.27 bits per heavy atom. The lowest BCUT2D eigenvalue weighted by Gasteiger charge is -2.08. The zero-order chi connectivity index (χ0) is 18.8. The van der Waals surface area contributed by atoms with Crippen molar-refractivity contribution in [1.82, 2.24) is 0 Å². The predicted octanol–water partition coefficient (Wildman–Crippen LogP) is 0.940. The molecular formula is C20H18N2O4-2. The van der Waals surface area contributed by atoms with E-state index in [1.54, 1.807) is 0 Å². The maximum Gasteiger partial charge on any atom is 0.0706 e. The molecule has 0 saturated heterocycles. The molecule has 0 unspecified atom stereocenters. The normalized spacial score (nSPS) is 12.0. The molecule has 0 aromatic heterocycles. The van der Waals surface area contributed by atoms with E-state index in [4.69, 9.17) is 0 Å². The summed E-state index contributed by atoms with van der Waals surface area (Å²) in [6.45, 7) is 0. The summed E-state index contributed by atoms with van der Waals surface area (Å²) >= 11 is 0. The van der Waals surface area contributed by atoms with Gasteiger partial charge in [0.05, 0.1) is 11.4 Å². The first-order chi connectivity index (χ1) is 12.6. The molecule has 6 heteroatoms. The minimum absolute atomic E-state index is 0.165. The van der Waals surface area contributed by atoms with Crippen molar-refractivity contribution in [2.75, 3.05) is 0 Å². The summed E-state index contributed by atoms with van der Waals surface area (Å²) < 4.78 is 0. The van der Waals surface area contributed by atoms with Crippen LogP contribution < -0.4 is 10.2 Å². The first-order valence-electron chi connectivity index (χ1n) is 8.20. The molecule has 134 valence electrons. The number of carboxylic acids is 2. The third-order valence-electron chi connectivity index (χ3n) is 3.64. The van der Waals surface area contributed by atoms with E-state index in [0.29, 0.717) is 11.4 Å². The number of carboxylic acid groups (broad SMARTS) is 2. The molecule has 2 aromatic carbocycles. The van der Waals surface area contributed by atoms with Crippen molar-refractivity contribution in [3.05, 3.63) is 71.8 Å². The van der Waals surface area contributed by atoms with Crippen LogP contribution >= 0.6 is 0 Å². The van der Waals surface area contributed by atoms with Crippen LogP contribution in [-0.4, -0.2) is 23.4 Å². The standard InChI is InChI=1S/C20H20N2O4/c23-19(24)13-11-17(15-7-3-1-4-8-15)21-22-18(12-14-20(25)26)16-9-5-2-6-10-16/h1-10H,11-14H2,(H,23,24)(H,25,26)/p-2/b21-17-,22-18-. The molecule has 6 nitrogen and oxygen atoms in total. The summed E-state index contributed by atoms with van der Waals surface area (Å²) in [6, 6.07) is 18.2. The average Bonchev–Trinajstić information content (AvgIpc) is 2.65. The van der Waals surface area contributed by atoms with Gasteiger partial charge in [0.15, 0.2) is 0 Å². The highest BCUT2D eigenvalue weighted by Gasteiger charge is 2.07. The average molecular weight is 350 g/mol. The lowest BCUT2D eigenvalue weighted by atomic mass is 10.1. The van der Waals surface area contributed by atoms with Gasteiger partial charge in [0.2, 0.25) is 0 Å². The van der Waals surface area contributed by atoms with Crippen molar-refractivity contribution in [2.45, 2.75) is 25.7 Å². The van der Waals surface area contributed by atoms with Gasteiger partial charge in [-0.15, -0.1) is 0 Å². The van der Waals surface area contributed by atoms with Gasteiger partial charge < -0.3 is 19.8 Å². The van der Waals surface area contributed by atoms with Crippen LogP contribution in [0.5, 0.6) is 0 Å². The molecule has 2 aromatic rings. The van der Waals surface area contributed by atoms with Gasteiger partial charge in [-0.3, -0.25) is 0 Å². The van der Waals surface area contributed by atoms with E-state index in [1.807, 2.05) is 60.7 Å². The molecule has 0 spiro atoms. The molecule has 0 amide bonds. The number of nitrogens with zero attached hydrogens (tertiary/aromatic N) is 2. The van der Waals surface area contributed by atoms with Crippen LogP contribution in [0, 0.1) is 0 Å². The van der Waals surface area contributed by atoms with Crippen LogP contribution in [-0.2, 0) is 9.59 Å². The SMILES string of the molecule is O=C([O-])CC/C(=N/N=C(/CCC(=O)[O-])c1ccccc1)c1ccccc1. The summed E-state index contributed by atoms with van der Waals surface area (Å²) in [5.41, 5.74) is 2.50. The first-order valence-corrected chi connectivity index (χ1v) is 8.20. The molecule has 2 rings (SSSR count). The summed E-state index contributed by atoms with van der Waals surface area (Å²) in [4.78, 5) is 21.6. The number of aliphatic carboxylic acids is 2. The topological polar surface area (TPSA) is 105 Å². The second kappa shape index (κ2) is 9.88. The molecule has 0 aliphatic rings. The molecule has 0 aliphatic carbocycles. The third-order valence-corrected chi connectivity index (χ3v) is 3.64. The van der Waals surface area contributed by atoms with Crippen LogP contribution in [0.1, 0.15) is 36.8 Å². The summed E-state index contributed by atoms with van der Waals surface area (Å²) in [5.74, 6) is -2.34. The van der Waals surface area contributed by atoms with Gasteiger partial charge in [-0.2, -0.15) is 10.2 Å². The van der Waals surface area contributed by atoms with Crippen molar-refractivity contribution in [2.24, 2.45) is 10.2 Å². The number of hydrogen-bond donors (Lipinski definition) is 0. The highest BCUT2D eigenvalue weighted by molar-refractivity contribution is 6.04. The van der Waals surface area contributed by atoms with Crippen LogP contribution in [0.3, 0.4) is 0 Å². The van der Waals surface area contributed by atoms with Crippen LogP contribution in [0.2, 0.25) is 0 Å². The highest BCUT2D eigenvalue weighted by Crippen LogP contribution is 2.11. The van der Waals surface area contributed by atoms with Crippen LogP contribution in [0.4, 0.5) is 0 Å². The molecule has 0 atom stereocenters. The first kappa shape index (κ1) is 19.1. The summed E-state index contributed by atoms with van der Waals surface area (Å²) in [7, 11) is 0. The fraction of sp³-hybridized carbons (Fsp3) is 0.200. The molecule has 0 saturated carbocycles. The maximum atomic E-state index is 10.8. The second-order valence-electron chi connectivity index (χ2n) is 5.57. The molecular weight excluding hydrogens is 332 g/mol. The lowest BCUT2D eigenvalue weighted by Crippen LogP contribution is -2.23. The molecule has 0 fully saturated rings. The number of carbonyl (C=O) groups excluding carboxylic acids is 2. The zero-order valence-corrected chi connectivity index (χ0v) is 14.1. The molecule has 0 bridgehead atoms. The second-order valence-corrected chi connectivity index (χ2v) is 5.57. The number of benzene rings is 2. The predicted molar refractivity (Wildman–Crippen MR) is 94.4 cm³/mol. The quantitative estimate of drug-likeness (QED) is 0.496. The zero-order valence-electron chi connectivity index (χ0n) is 14.1. The summed E-state index contributed by atoms with van der Waals surface area (Å²) in [5, 5.41) is 30.0. The molecule has 26 heavy (non-hydrogen) atoms. The minimum Gasteiger partial charge on any atom is -0.550 e. The van der Waals surface area contributed by atoms with Gasteiger partial charge >= 0.3 is 0 Å². The Morgan fingerprint density at radius 1 is 0.615 bits per heavy atom. The lowest BCUT2D eigenvalue weighted by molar-refractivity contribution is -0.306. The molecule has 0 aliphatic heterocycles. The van der Waals surface area contributed by atoms with Crippen molar-refractivity contribution in [3.63, 3.8) is 0 Å². The van der Waals surface area contributed by atoms with Gasteiger partial charge in [-0.1, -0.05) is 60.7 Å². The summed E-state index contributed by atoms with van der Waals surface area (Å²) in [6.07, 6.45) is -0.0251. The van der Waals surface area contributed by atoms with Gasteiger partial charge in [0.1, 0.15) is 0 Å². The monoisotopic (exact) mass is 350 g/mol. The molecule has 0 radical (unpaired) electrons. The Bertz CT molecular complexity index is 730. The van der Waals surface area contributed by atoms with Crippen molar-refractivity contribution < 1.29 is 19.8 Å². The Hall–Kier alpha value is -3.28. The highest BCUT2D eigenvalue weighted by atomic mass is 16.4. The van der Waals surface area contributed by atoms with Gasteiger partial charge in [-0.25, -0.2) is 0 Å². The van der Waals surface area contributed by atoms with Crippen molar-refractivity contribution in [1.29, 1.82) is 0 Å². The number of carbonyl (C=O) groups is 2. The minimum atomic E-state index is -1.17. The van der Waals surface area contributed by atoms with Gasteiger partial charge in [0, 0.05) is 11.9 Å². The van der Waals surface area contributed by atoms with E-state index in [-0.39, 0.29) is 25.7 Å². The van der Waals surface area contributed by atoms with Gasteiger partial charge in [0.25, 0.3) is 0 Å². The number of rotatable bonds is 9. The van der Waals surface area contributed by atoms with E-state index < -0.39 is 11.9 Å². The van der Waals surface area contributed by atoms with E-state index in [0.717, 1.165) is 11.1 Å². The molecule has 0 heterocycles. The fourth-order valence-electron chi connectivity index (χ4n) is 2.33. The van der Waals surface area contributed by atoms with Crippen molar-refractivity contribution in [3.8, 4) is 0 Å². The Labute approximate surface area is 151 Å². The van der Waals surface area contributed by atoms with E-state index in [2.05, 4.69) is 10.2 Å².